The van der Waals surface area contributed by atoms with Gasteiger partial charge in [-0.2, -0.15) is 0 Å². The smallest absolute Gasteiger partial charge is 0.227 e. The van der Waals surface area contributed by atoms with Crippen LogP contribution in [-0.2, 0) is 16.0 Å². The molecule has 0 bridgehead atoms. The number of piperazine rings is 1. The van der Waals surface area contributed by atoms with Crippen molar-refractivity contribution in [2.24, 2.45) is 0 Å². The molecule has 2 aromatic rings. The van der Waals surface area contributed by atoms with Crippen molar-refractivity contribution in [3.8, 4) is 5.75 Å². The average Bonchev–Trinajstić information content (AvgIpc) is 2.64. The van der Waals surface area contributed by atoms with E-state index in [1.165, 1.54) is 6.92 Å². The van der Waals surface area contributed by atoms with Crippen LogP contribution < -0.4 is 10.2 Å². The van der Waals surface area contributed by atoms with Gasteiger partial charge in [-0.05, 0) is 42.0 Å². The number of hydrogen-bond acceptors (Lipinski definition) is 4. The number of phenolic OH excluding ortho intramolecular Hbond substituents is 1. The lowest BCUT2D eigenvalue weighted by Gasteiger charge is -2.36. The summed E-state index contributed by atoms with van der Waals surface area (Å²) in [5.41, 5.74) is 2.73. The number of amides is 2. The maximum absolute atomic E-state index is 12.5. The molecule has 2 N–H and O–H groups in total. The van der Waals surface area contributed by atoms with Gasteiger partial charge in [0.1, 0.15) is 5.75 Å². The van der Waals surface area contributed by atoms with Crippen LogP contribution in [0.1, 0.15) is 12.5 Å². The highest BCUT2D eigenvalue weighted by Gasteiger charge is 2.21. The fourth-order valence-electron chi connectivity index (χ4n) is 3.07. The molecule has 2 aromatic carbocycles. The Morgan fingerprint density at radius 2 is 1.58 bits per heavy atom. The van der Waals surface area contributed by atoms with E-state index in [1.807, 2.05) is 41.3 Å². The number of aromatic hydroxyl groups is 1. The number of nitrogens with one attached hydrogen (secondary N) is 1. The Balaban J connectivity index is 1.52. The standard InChI is InChI=1S/C20H23N3O3/c1-15(24)21-17-4-2-16(3-5-17)14-20(26)23-12-10-22(11-13-23)18-6-8-19(25)9-7-18/h2-9,25H,10-14H2,1H3,(H,21,24). The minimum Gasteiger partial charge on any atom is -0.508 e. The number of phenols is 1. The Hall–Kier alpha value is -3.02. The largest absolute Gasteiger partial charge is 0.508 e. The van der Waals surface area contributed by atoms with E-state index in [1.54, 1.807) is 12.1 Å². The second-order valence-electron chi connectivity index (χ2n) is 6.44. The summed E-state index contributed by atoms with van der Waals surface area (Å²) in [6.45, 7) is 4.39. The lowest BCUT2D eigenvalue weighted by atomic mass is 10.1. The Kier molecular flexibility index (Phi) is 5.41. The first-order chi connectivity index (χ1) is 12.5. The highest BCUT2D eigenvalue weighted by atomic mass is 16.3. The first-order valence-electron chi connectivity index (χ1n) is 8.69. The lowest BCUT2D eigenvalue weighted by molar-refractivity contribution is -0.130. The van der Waals surface area contributed by atoms with E-state index in [2.05, 4.69) is 10.2 Å². The molecular weight excluding hydrogens is 330 g/mol. The molecule has 0 unspecified atom stereocenters. The molecule has 136 valence electrons. The van der Waals surface area contributed by atoms with Crippen LogP contribution in [0.5, 0.6) is 5.75 Å². The molecular formula is C20H23N3O3. The average molecular weight is 353 g/mol. The molecule has 6 heteroatoms. The van der Waals surface area contributed by atoms with Crippen LogP contribution in [-0.4, -0.2) is 48.0 Å². The molecule has 0 atom stereocenters. The van der Waals surface area contributed by atoms with Gasteiger partial charge in [0, 0.05) is 44.5 Å². The van der Waals surface area contributed by atoms with Gasteiger partial charge in [-0.1, -0.05) is 12.1 Å². The SMILES string of the molecule is CC(=O)Nc1ccc(CC(=O)N2CCN(c3ccc(O)cc3)CC2)cc1. The number of nitrogens with zero attached hydrogens (tertiary/aromatic N) is 2. The minimum absolute atomic E-state index is 0.111. The Morgan fingerprint density at radius 3 is 2.15 bits per heavy atom. The Bertz CT molecular complexity index is 764. The van der Waals surface area contributed by atoms with Gasteiger partial charge in [0.25, 0.3) is 0 Å². The summed E-state index contributed by atoms with van der Waals surface area (Å²) < 4.78 is 0. The van der Waals surface area contributed by atoms with Crippen molar-refractivity contribution in [3.05, 3.63) is 54.1 Å². The van der Waals surface area contributed by atoms with Gasteiger partial charge in [0.15, 0.2) is 0 Å². The highest BCUT2D eigenvalue weighted by Crippen LogP contribution is 2.20. The molecule has 0 radical (unpaired) electrons. The van der Waals surface area contributed by atoms with Crippen LogP contribution in [0, 0.1) is 0 Å². The summed E-state index contributed by atoms with van der Waals surface area (Å²) in [5, 5.41) is 12.1. The molecule has 1 heterocycles. The van der Waals surface area contributed by atoms with Crippen LogP contribution in [0.25, 0.3) is 0 Å². The van der Waals surface area contributed by atoms with Crippen molar-refractivity contribution >= 4 is 23.2 Å². The summed E-state index contributed by atoms with van der Waals surface area (Å²) in [5.74, 6) is 0.259. The Morgan fingerprint density at radius 1 is 0.962 bits per heavy atom. The van der Waals surface area contributed by atoms with Crippen LogP contribution in [0.4, 0.5) is 11.4 Å². The van der Waals surface area contributed by atoms with E-state index in [9.17, 15) is 14.7 Å². The van der Waals surface area contributed by atoms with Gasteiger partial charge >= 0.3 is 0 Å². The van der Waals surface area contributed by atoms with Gasteiger partial charge in [0.2, 0.25) is 11.8 Å². The molecule has 6 nitrogen and oxygen atoms in total. The van der Waals surface area contributed by atoms with Gasteiger partial charge in [0.05, 0.1) is 6.42 Å². The van der Waals surface area contributed by atoms with E-state index in [-0.39, 0.29) is 17.6 Å². The highest BCUT2D eigenvalue weighted by molar-refractivity contribution is 5.88. The summed E-state index contributed by atoms with van der Waals surface area (Å²) in [6.07, 6.45) is 0.361. The monoisotopic (exact) mass is 353 g/mol. The molecule has 1 saturated heterocycles. The zero-order chi connectivity index (χ0) is 18.5. The Labute approximate surface area is 153 Å². The van der Waals surface area contributed by atoms with Crippen LogP contribution in [0.15, 0.2) is 48.5 Å². The topological polar surface area (TPSA) is 72.9 Å². The quantitative estimate of drug-likeness (QED) is 0.884. The molecule has 0 spiro atoms. The third-order valence-corrected chi connectivity index (χ3v) is 4.48. The van der Waals surface area contributed by atoms with Crippen LogP contribution >= 0.6 is 0 Å². The number of hydrogen-bond donors (Lipinski definition) is 2. The summed E-state index contributed by atoms with van der Waals surface area (Å²) in [7, 11) is 0. The van der Waals surface area contributed by atoms with E-state index >= 15 is 0 Å². The zero-order valence-electron chi connectivity index (χ0n) is 14.8. The maximum atomic E-state index is 12.5. The first kappa shape index (κ1) is 17.8. The van der Waals surface area contributed by atoms with Gasteiger partial charge in [-0.3, -0.25) is 9.59 Å². The predicted molar refractivity (Wildman–Crippen MR) is 101 cm³/mol. The molecule has 1 fully saturated rings. The maximum Gasteiger partial charge on any atom is 0.227 e. The molecule has 1 aliphatic heterocycles. The van der Waals surface area contributed by atoms with Gasteiger partial charge < -0.3 is 20.2 Å². The van der Waals surface area contributed by atoms with Gasteiger partial charge in [-0.25, -0.2) is 0 Å². The normalized spacial score (nSPS) is 14.2. The first-order valence-corrected chi connectivity index (χ1v) is 8.69. The van der Waals surface area contributed by atoms with Gasteiger partial charge in [-0.15, -0.1) is 0 Å². The van der Waals surface area contributed by atoms with Crippen LogP contribution in [0.2, 0.25) is 0 Å². The van der Waals surface area contributed by atoms with Crippen molar-refractivity contribution in [1.82, 2.24) is 4.90 Å². The summed E-state index contributed by atoms with van der Waals surface area (Å²) in [6, 6.07) is 14.5. The van der Waals surface area contributed by atoms with Crippen molar-refractivity contribution in [2.75, 3.05) is 36.4 Å². The molecule has 0 saturated carbocycles. The molecule has 3 rings (SSSR count). The third-order valence-electron chi connectivity index (χ3n) is 4.48. The van der Waals surface area contributed by atoms with E-state index in [0.717, 1.165) is 30.0 Å². The number of benzene rings is 2. The molecule has 2 amide bonds. The molecule has 0 aliphatic carbocycles. The van der Waals surface area contributed by atoms with Crippen LogP contribution in [0.3, 0.4) is 0 Å². The predicted octanol–water partition coefficient (Wildman–Crippen LogP) is 2.24. The molecule has 0 aromatic heterocycles. The number of rotatable bonds is 4. The van der Waals surface area contributed by atoms with E-state index in [4.69, 9.17) is 0 Å². The fourth-order valence-corrected chi connectivity index (χ4v) is 3.07. The zero-order valence-corrected chi connectivity index (χ0v) is 14.8. The number of carbonyl (C=O) groups is 2. The van der Waals surface area contributed by atoms with E-state index in [0.29, 0.717) is 19.5 Å². The van der Waals surface area contributed by atoms with Crippen molar-refractivity contribution in [3.63, 3.8) is 0 Å². The molecule has 26 heavy (non-hydrogen) atoms. The minimum atomic E-state index is -0.111. The second-order valence-corrected chi connectivity index (χ2v) is 6.44. The summed E-state index contributed by atoms with van der Waals surface area (Å²) in [4.78, 5) is 27.7. The van der Waals surface area contributed by atoms with Crippen molar-refractivity contribution in [2.45, 2.75) is 13.3 Å². The second kappa shape index (κ2) is 7.91. The summed E-state index contributed by atoms with van der Waals surface area (Å²) >= 11 is 0. The van der Waals surface area contributed by atoms with Crippen molar-refractivity contribution < 1.29 is 14.7 Å². The number of carbonyl (C=O) groups excluding carboxylic acids is 2. The third kappa shape index (κ3) is 4.53. The van der Waals surface area contributed by atoms with E-state index < -0.39 is 0 Å². The molecule has 1 aliphatic rings. The van der Waals surface area contributed by atoms with Crippen molar-refractivity contribution in [1.29, 1.82) is 0 Å². The number of anilines is 2. The lowest BCUT2D eigenvalue weighted by Crippen LogP contribution is -2.49. The fraction of sp³-hybridized carbons (Fsp3) is 0.300.